The number of benzene rings is 1. The van der Waals surface area contributed by atoms with Crippen molar-refractivity contribution in [2.75, 3.05) is 13.7 Å². The Morgan fingerprint density at radius 1 is 1.17 bits per heavy atom. The number of hydrogen-bond donors (Lipinski definition) is 2. The quantitative estimate of drug-likeness (QED) is 0.737. The zero-order chi connectivity index (χ0) is 16.7. The van der Waals surface area contributed by atoms with E-state index >= 15 is 0 Å². The van der Waals surface area contributed by atoms with Gasteiger partial charge in [0.25, 0.3) is 0 Å². The highest BCUT2D eigenvalue weighted by molar-refractivity contribution is 5.98. The van der Waals surface area contributed by atoms with Crippen molar-refractivity contribution in [1.29, 1.82) is 0 Å². The van der Waals surface area contributed by atoms with Crippen LogP contribution in [0.3, 0.4) is 0 Å². The van der Waals surface area contributed by atoms with Crippen LogP contribution in [0.4, 0.5) is 0 Å². The van der Waals surface area contributed by atoms with Crippen LogP contribution in [0, 0.1) is 5.92 Å². The molecule has 6 heteroatoms. The van der Waals surface area contributed by atoms with Gasteiger partial charge in [-0.25, -0.2) is 0 Å². The Kier molecular flexibility index (Phi) is 8.79. The van der Waals surface area contributed by atoms with Crippen molar-refractivity contribution in [1.82, 2.24) is 5.32 Å². The molecule has 0 spiro atoms. The number of nitrogens with two attached hydrogens (primary N) is 1. The Hall–Kier alpha value is -1.59. The van der Waals surface area contributed by atoms with Crippen molar-refractivity contribution in [3.63, 3.8) is 0 Å². The van der Waals surface area contributed by atoms with Crippen molar-refractivity contribution in [2.45, 2.75) is 44.6 Å². The van der Waals surface area contributed by atoms with Crippen LogP contribution in [0.2, 0.25) is 0 Å². The largest absolute Gasteiger partial charge is 0.497 e. The number of rotatable bonds is 7. The second-order valence-electron chi connectivity index (χ2n) is 6.11. The van der Waals surface area contributed by atoms with Gasteiger partial charge in [-0.15, -0.1) is 12.4 Å². The zero-order valence-electron chi connectivity index (χ0n) is 14.1. The third-order valence-corrected chi connectivity index (χ3v) is 4.55. The molecule has 1 fully saturated rings. The Morgan fingerprint density at radius 2 is 1.83 bits per heavy atom. The summed E-state index contributed by atoms with van der Waals surface area (Å²) < 4.78 is 5.07. The Balaban J connectivity index is 0.00000288. The van der Waals surface area contributed by atoms with Crippen molar-refractivity contribution in [2.24, 2.45) is 11.7 Å². The van der Waals surface area contributed by atoms with E-state index in [9.17, 15) is 9.59 Å². The molecule has 1 aliphatic carbocycles. The molecule has 5 nitrogen and oxygen atoms in total. The molecule has 0 aliphatic heterocycles. The van der Waals surface area contributed by atoms with Gasteiger partial charge in [0.05, 0.1) is 7.11 Å². The summed E-state index contributed by atoms with van der Waals surface area (Å²) in [5.41, 5.74) is 6.38. The first-order valence-corrected chi connectivity index (χ1v) is 8.30. The summed E-state index contributed by atoms with van der Waals surface area (Å²) in [6.07, 6.45) is 4.82. The first-order valence-electron chi connectivity index (χ1n) is 8.30. The lowest BCUT2D eigenvalue weighted by molar-refractivity contribution is -0.122. The molecule has 0 heterocycles. The fraction of sp³-hybridized carbons (Fsp3) is 0.556. The molecule has 2 rings (SSSR count). The van der Waals surface area contributed by atoms with Gasteiger partial charge < -0.3 is 15.8 Å². The van der Waals surface area contributed by atoms with E-state index in [1.54, 1.807) is 31.4 Å². The Labute approximate surface area is 149 Å². The summed E-state index contributed by atoms with van der Waals surface area (Å²) in [5.74, 6) is 0.994. The molecule has 1 aromatic rings. The molecule has 1 amide bonds. The van der Waals surface area contributed by atoms with Gasteiger partial charge in [-0.1, -0.05) is 12.8 Å². The van der Waals surface area contributed by atoms with Gasteiger partial charge in [0, 0.05) is 24.4 Å². The molecule has 2 atom stereocenters. The van der Waals surface area contributed by atoms with E-state index in [0.717, 1.165) is 19.3 Å². The number of carbonyl (C=O) groups excluding carboxylic acids is 2. The molecule has 1 aromatic carbocycles. The standard InChI is InChI=1S/C18H26N2O3.ClH/c1-23-15-8-6-13(7-9-15)17(21)10-11-18(22)20-16-5-3-2-4-14(16)12-19;/h6-9,14,16H,2-5,10-12,19H2,1H3,(H,20,22);1H. The summed E-state index contributed by atoms with van der Waals surface area (Å²) in [7, 11) is 1.58. The van der Waals surface area contributed by atoms with E-state index in [-0.39, 0.29) is 43.0 Å². The lowest BCUT2D eigenvalue weighted by Gasteiger charge is -2.31. The minimum Gasteiger partial charge on any atom is -0.497 e. The average molecular weight is 355 g/mol. The first kappa shape index (κ1) is 20.5. The van der Waals surface area contributed by atoms with E-state index in [0.29, 0.717) is 23.8 Å². The minimum absolute atomic E-state index is 0. The molecular formula is C18H27ClN2O3. The van der Waals surface area contributed by atoms with Gasteiger partial charge in [0.1, 0.15) is 5.75 Å². The number of hydrogen-bond acceptors (Lipinski definition) is 4. The van der Waals surface area contributed by atoms with Gasteiger partial charge in [-0.3, -0.25) is 9.59 Å². The summed E-state index contributed by atoms with van der Waals surface area (Å²) >= 11 is 0. The topological polar surface area (TPSA) is 81.4 Å². The number of amides is 1. The van der Waals surface area contributed by atoms with Crippen molar-refractivity contribution >= 4 is 24.1 Å². The number of carbonyl (C=O) groups is 2. The van der Waals surface area contributed by atoms with Crippen LogP contribution < -0.4 is 15.8 Å². The Morgan fingerprint density at radius 3 is 2.46 bits per heavy atom. The van der Waals surface area contributed by atoms with Crippen LogP contribution in [-0.2, 0) is 4.79 Å². The van der Waals surface area contributed by atoms with E-state index in [4.69, 9.17) is 10.5 Å². The number of halogens is 1. The lowest BCUT2D eigenvalue weighted by Crippen LogP contribution is -2.44. The predicted molar refractivity (Wildman–Crippen MR) is 96.7 cm³/mol. The van der Waals surface area contributed by atoms with Crippen LogP contribution >= 0.6 is 12.4 Å². The van der Waals surface area contributed by atoms with Crippen LogP contribution in [0.5, 0.6) is 5.75 Å². The second-order valence-corrected chi connectivity index (χ2v) is 6.11. The number of nitrogens with one attached hydrogen (secondary N) is 1. The van der Waals surface area contributed by atoms with E-state index in [2.05, 4.69) is 5.32 Å². The van der Waals surface area contributed by atoms with E-state index in [1.807, 2.05) is 0 Å². The monoisotopic (exact) mass is 354 g/mol. The molecule has 134 valence electrons. The average Bonchev–Trinajstić information content (AvgIpc) is 2.60. The highest BCUT2D eigenvalue weighted by Gasteiger charge is 2.25. The van der Waals surface area contributed by atoms with Gasteiger partial charge >= 0.3 is 0 Å². The third-order valence-electron chi connectivity index (χ3n) is 4.55. The van der Waals surface area contributed by atoms with Crippen LogP contribution in [0.15, 0.2) is 24.3 Å². The number of methoxy groups -OCH3 is 1. The molecule has 0 saturated heterocycles. The maximum atomic E-state index is 12.1. The van der Waals surface area contributed by atoms with Crippen LogP contribution in [-0.4, -0.2) is 31.4 Å². The normalized spacial score (nSPS) is 19.9. The molecule has 1 saturated carbocycles. The van der Waals surface area contributed by atoms with Gasteiger partial charge in [-0.2, -0.15) is 0 Å². The fourth-order valence-corrected chi connectivity index (χ4v) is 3.11. The van der Waals surface area contributed by atoms with Crippen molar-refractivity contribution < 1.29 is 14.3 Å². The maximum Gasteiger partial charge on any atom is 0.220 e. The Bertz CT molecular complexity index is 534. The first-order chi connectivity index (χ1) is 11.1. The molecule has 0 bridgehead atoms. The predicted octanol–water partition coefficient (Wildman–Crippen LogP) is 2.71. The van der Waals surface area contributed by atoms with Gasteiger partial charge in [0.2, 0.25) is 5.91 Å². The van der Waals surface area contributed by atoms with Crippen molar-refractivity contribution in [3.05, 3.63) is 29.8 Å². The number of ether oxygens (including phenoxy) is 1. The smallest absolute Gasteiger partial charge is 0.220 e. The van der Waals surface area contributed by atoms with E-state index < -0.39 is 0 Å². The summed E-state index contributed by atoms with van der Waals surface area (Å²) in [6.45, 7) is 0.607. The van der Waals surface area contributed by atoms with Crippen LogP contribution in [0.25, 0.3) is 0 Å². The molecule has 1 aliphatic rings. The van der Waals surface area contributed by atoms with Gasteiger partial charge in [-0.05, 0) is 49.6 Å². The number of Topliss-reactive ketones (excluding diaryl/α,β-unsaturated/α-hetero) is 1. The number of ketones is 1. The summed E-state index contributed by atoms with van der Waals surface area (Å²) in [4.78, 5) is 24.2. The molecule has 3 N–H and O–H groups in total. The third kappa shape index (κ3) is 5.80. The van der Waals surface area contributed by atoms with Crippen molar-refractivity contribution in [3.8, 4) is 5.75 Å². The van der Waals surface area contributed by atoms with Gasteiger partial charge in [0.15, 0.2) is 5.78 Å². The molecule has 24 heavy (non-hydrogen) atoms. The second kappa shape index (κ2) is 10.3. The summed E-state index contributed by atoms with van der Waals surface area (Å²) in [6, 6.07) is 7.12. The minimum atomic E-state index is -0.0581. The molecular weight excluding hydrogens is 328 g/mol. The van der Waals surface area contributed by atoms with Crippen LogP contribution in [0.1, 0.15) is 48.9 Å². The van der Waals surface area contributed by atoms with E-state index in [1.165, 1.54) is 6.42 Å². The SMILES string of the molecule is COc1ccc(C(=O)CCC(=O)NC2CCCCC2CN)cc1.Cl. The maximum absolute atomic E-state index is 12.1. The fourth-order valence-electron chi connectivity index (χ4n) is 3.11. The summed E-state index contributed by atoms with van der Waals surface area (Å²) in [5, 5.41) is 3.05. The highest BCUT2D eigenvalue weighted by atomic mass is 35.5. The zero-order valence-corrected chi connectivity index (χ0v) is 14.9. The molecule has 0 radical (unpaired) electrons. The molecule has 0 aromatic heterocycles. The molecule has 2 unspecified atom stereocenters. The highest BCUT2D eigenvalue weighted by Crippen LogP contribution is 2.23. The lowest BCUT2D eigenvalue weighted by atomic mass is 9.84.